The fourth-order valence-corrected chi connectivity index (χ4v) is 4.13. The highest BCUT2D eigenvalue weighted by Crippen LogP contribution is 2.34. The standard InChI is InChI=1S/C28H21ClN2O3/c1-17-8-13-21(14-22(17)27(32)33-2)34-28-30-25-15-23(24(29)16-26(25)31-28)20-11-9-19(10-12-20)18-6-4-3-5-7-18/h3-16H,1-2H3,(H,30,31). The molecular formula is C28H21ClN2O3. The van der Waals surface area contributed by atoms with Gasteiger partial charge < -0.3 is 14.5 Å². The summed E-state index contributed by atoms with van der Waals surface area (Å²) in [5.41, 5.74) is 6.91. The summed E-state index contributed by atoms with van der Waals surface area (Å²) in [6.07, 6.45) is 0. The van der Waals surface area contributed by atoms with Crippen molar-refractivity contribution >= 4 is 28.6 Å². The van der Waals surface area contributed by atoms with Gasteiger partial charge >= 0.3 is 5.97 Å². The Morgan fingerprint density at radius 3 is 2.32 bits per heavy atom. The van der Waals surface area contributed by atoms with E-state index in [2.05, 4.69) is 46.4 Å². The van der Waals surface area contributed by atoms with Gasteiger partial charge in [-0.25, -0.2) is 4.79 Å². The summed E-state index contributed by atoms with van der Waals surface area (Å²) in [4.78, 5) is 19.7. The number of carbonyl (C=O) groups is 1. The number of esters is 1. The molecule has 0 aliphatic rings. The van der Waals surface area contributed by atoms with Crippen LogP contribution in [0.4, 0.5) is 0 Å². The molecule has 0 aliphatic heterocycles. The molecule has 0 radical (unpaired) electrons. The Hall–Kier alpha value is -4.09. The minimum Gasteiger partial charge on any atom is -0.465 e. The Morgan fingerprint density at radius 2 is 1.59 bits per heavy atom. The SMILES string of the molecule is COC(=O)c1cc(Oc2nc3cc(-c4ccc(-c5ccccc5)cc4)c(Cl)cc3[nH]2)ccc1C. The number of aryl methyl sites for hydroxylation is 1. The van der Waals surface area contributed by atoms with Gasteiger partial charge in [0.1, 0.15) is 5.75 Å². The number of aromatic amines is 1. The van der Waals surface area contributed by atoms with Gasteiger partial charge in [-0.1, -0.05) is 72.3 Å². The molecule has 1 N–H and O–H groups in total. The number of hydrogen-bond acceptors (Lipinski definition) is 4. The van der Waals surface area contributed by atoms with Crippen LogP contribution >= 0.6 is 11.6 Å². The highest BCUT2D eigenvalue weighted by atomic mass is 35.5. The van der Waals surface area contributed by atoms with E-state index in [0.717, 1.165) is 38.9 Å². The number of imidazole rings is 1. The van der Waals surface area contributed by atoms with Gasteiger partial charge in [-0.15, -0.1) is 0 Å². The number of H-pyrrole nitrogens is 1. The molecule has 4 aromatic carbocycles. The van der Waals surface area contributed by atoms with Crippen molar-refractivity contribution in [1.29, 1.82) is 0 Å². The molecule has 0 aliphatic carbocycles. The first-order chi connectivity index (χ1) is 16.5. The Balaban J connectivity index is 1.44. The van der Waals surface area contributed by atoms with E-state index in [1.54, 1.807) is 18.2 Å². The highest BCUT2D eigenvalue weighted by molar-refractivity contribution is 6.34. The van der Waals surface area contributed by atoms with Crippen LogP contribution in [0.3, 0.4) is 0 Å². The molecule has 0 atom stereocenters. The number of ether oxygens (including phenoxy) is 2. The van der Waals surface area contributed by atoms with Crippen molar-refractivity contribution in [2.75, 3.05) is 7.11 Å². The monoisotopic (exact) mass is 468 g/mol. The van der Waals surface area contributed by atoms with Gasteiger partial charge in [0, 0.05) is 5.56 Å². The third kappa shape index (κ3) is 4.26. The molecule has 168 valence electrons. The Labute approximate surface area is 201 Å². The first-order valence-electron chi connectivity index (χ1n) is 10.7. The molecule has 0 amide bonds. The molecule has 0 saturated heterocycles. The first-order valence-corrected chi connectivity index (χ1v) is 11.1. The molecule has 5 rings (SSSR count). The Kier molecular flexibility index (Phi) is 5.78. The smallest absolute Gasteiger partial charge is 0.338 e. The second-order valence-corrected chi connectivity index (χ2v) is 8.31. The Morgan fingerprint density at radius 1 is 0.882 bits per heavy atom. The van der Waals surface area contributed by atoms with E-state index in [0.29, 0.717) is 22.3 Å². The first kappa shape index (κ1) is 21.7. The molecular weight excluding hydrogens is 448 g/mol. The zero-order valence-electron chi connectivity index (χ0n) is 18.6. The molecule has 0 spiro atoms. The summed E-state index contributed by atoms with van der Waals surface area (Å²) >= 11 is 6.61. The number of hydrogen-bond donors (Lipinski definition) is 1. The van der Waals surface area contributed by atoms with Crippen LogP contribution in [0.25, 0.3) is 33.3 Å². The van der Waals surface area contributed by atoms with Crippen molar-refractivity contribution < 1.29 is 14.3 Å². The summed E-state index contributed by atoms with van der Waals surface area (Å²) < 4.78 is 10.7. The normalized spacial score (nSPS) is 10.9. The predicted molar refractivity (Wildman–Crippen MR) is 135 cm³/mol. The number of aromatic nitrogens is 2. The van der Waals surface area contributed by atoms with E-state index < -0.39 is 5.97 Å². The molecule has 1 aromatic heterocycles. The quantitative estimate of drug-likeness (QED) is 0.272. The van der Waals surface area contributed by atoms with Gasteiger partial charge in [0.05, 0.1) is 28.7 Å². The number of methoxy groups -OCH3 is 1. The number of halogens is 1. The van der Waals surface area contributed by atoms with Crippen LogP contribution in [0.5, 0.6) is 11.8 Å². The predicted octanol–water partition coefficient (Wildman–Crippen LogP) is 7.44. The second-order valence-electron chi connectivity index (χ2n) is 7.90. The largest absolute Gasteiger partial charge is 0.465 e. The van der Waals surface area contributed by atoms with E-state index in [1.165, 1.54) is 7.11 Å². The maximum Gasteiger partial charge on any atom is 0.338 e. The molecule has 5 nitrogen and oxygen atoms in total. The summed E-state index contributed by atoms with van der Waals surface area (Å²) in [7, 11) is 1.35. The maximum atomic E-state index is 12.0. The van der Waals surface area contributed by atoms with Crippen molar-refractivity contribution in [1.82, 2.24) is 9.97 Å². The lowest BCUT2D eigenvalue weighted by molar-refractivity contribution is 0.0599. The summed E-state index contributed by atoms with van der Waals surface area (Å²) in [6.45, 7) is 1.84. The van der Waals surface area contributed by atoms with Crippen LogP contribution < -0.4 is 4.74 Å². The molecule has 1 heterocycles. The summed E-state index contributed by atoms with van der Waals surface area (Å²) in [6, 6.07) is 27.8. The van der Waals surface area contributed by atoms with Crippen molar-refractivity contribution in [2.24, 2.45) is 0 Å². The molecule has 5 aromatic rings. The van der Waals surface area contributed by atoms with Crippen molar-refractivity contribution in [3.05, 3.63) is 101 Å². The van der Waals surface area contributed by atoms with Crippen LogP contribution in [-0.2, 0) is 4.74 Å². The lowest BCUT2D eigenvalue weighted by Crippen LogP contribution is -2.04. The molecule has 34 heavy (non-hydrogen) atoms. The van der Waals surface area contributed by atoms with E-state index in [-0.39, 0.29) is 0 Å². The number of fused-ring (bicyclic) bond motifs is 1. The van der Waals surface area contributed by atoms with E-state index >= 15 is 0 Å². The third-order valence-electron chi connectivity index (χ3n) is 5.68. The number of rotatable bonds is 5. The van der Waals surface area contributed by atoms with Gasteiger partial charge in [0.2, 0.25) is 0 Å². The lowest BCUT2D eigenvalue weighted by atomic mass is 10.00. The minimum atomic E-state index is -0.415. The molecule has 6 heteroatoms. The van der Waals surface area contributed by atoms with Crippen molar-refractivity contribution in [2.45, 2.75) is 6.92 Å². The summed E-state index contributed by atoms with van der Waals surface area (Å²) in [5.74, 6) is 0.0649. The topological polar surface area (TPSA) is 64.2 Å². The number of nitrogens with one attached hydrogen (secondary N) is 1. The fourth-order valence-electron chi connectivity index (χ4n) is 3.86. The number of nitrogens with zero attached hydrogens (tertiary/aromatic N) is 1. The van der Waals surface area contributed by atoms with Gasteiger partial charge in [0.25, 0.3) is 6.01 Å². The van der Waals surface area contributed by atoms with Gasteiger partial charge in [-0.3, -0.25) is 0 Å². The van der Waals surface area contributed by atoms with E-state index in [1.807, 2.05) is 37.3 Å². The van der Waals surface area contributed by atoms with Crippen LogP contribution in [0, 0.1) is 6.92 Å². The van der Waals surface area contributed by atoms with Gasteiger partial charge in [0.15, 0.2) is 0 Å². The molecule has 0 unspecified atom stereocenters. The van der Waals surface area contributed by atoms with E-state index in [4.69, 9.17) is 21.1 Å². The molecule has 0 fully saturated rings. The average Bonchev–Trinajstić information content (AvgIpc) is 3.25. The van der Waals surface area contributed by atoms with Crippen molar-refractivity contribution in [3.63, 3.8) is 0 Å². The third-order valence-corrected chi connectivity index (χ3v) is 5.99. The van der Waals surface area contributed by atoms with Gasteiger partial charge in [-0.2, -0.15) is 4.98 Å². The molecule has 0 saturated carbocycles. The average molecular weight is 469 g/mol. The van der Waals surface area contributed by atoms with Gasteiger partial charge in [-0.05, 0) is 53.4 Å². The fraction of sp³-hybridized carbons (Fsp3) is 0.0714. The second kappa shape index (κ2) is 9.04. The van der Waals surface area contributed by atoms with Crippen molar-refractivity contribution in [3.8, 4) is 34.0 Å². The van der Waals surface area contributed by atoms with Crippen LogP contribution in [0.1, 0.15) is 15.9 Å². The maximum absolute atomic E-state index is 12.0. The lowest BCUT2D eigenvalue weighted by Gasteiger charge is -2.07. The highest BCUT2D eigenvalue weighted by Gasteiger charge is 2.14. The summed E-state index contributed by atoms with van der Waals surface area (Å²) in [5, 5.41) is 0.610. The Bertz CT molecular complexity index is 1490. The number of carbonyl (C=O) groups excluding carboxylic acids is 1. The van der Waals surface area contributed by atoms with Crippen LogP contribution in [0.2, 0.25) is 5.02 Å². The minimum absolute atomic E-state index is 0.308. The van der Waals surface area contributed by atoms with Crippen LogP contribution in [0.15, 0.2) is 84.9 Å². The molecule has 0 bridgehead atoms. The zero-order valence-corrected chi connectivity index (χ0v) is 19.4. The number of benzene rings is 4. The zero-order chi connectivity index (χ0) is 23.7. The van der Waals surface area contributed by atoms with Crippen LogP contribution in [-0.4, -0.2) is 23.0 Å². The van der Waals surface area contributed by atoms with E-state index in [9.17, 15) is 4.79 Å².